The van der Waals surface area contributed by atoms with Crippen LogP contribution in [-0.2, 0) is 7.05 Å². The van der Waals surface area contributed by atoms with E-state index in [1.807, 2.05) is 73.9 Å². The lowest BCUT2D eigenvalue weighted by atomic mass is 9.99. The van der Waals surface area contributed by atoms with Crippen LogP contribution >= 0.6 is 0 Å². The van der Waals surface area contributed by atoms with E-state index in [9.17, 15) is 0 Å². The minimum atomic E-state index is -0.532. The van der Waals surface area contributed by atoms with Crippen molar-refractivity contribution in [2.45, 2.75) is 6.92 Å². The van der Waals surface area contributed by atoms with Crippen molar-refractivity contribution in [1.29, 1.82) is 0 Å². The maximum Gasteiger partial charge on any atom is 0.224 e. The summed E-state index contributed by atoms with van der Waals surface area (Å²) in [5, 5.41) is 3.89. The van der Waals surface area contributed by atoms with E-state index in [1.165, 1.54) is 0 Å². The molecular formula is C28H20FN2O+. The molecule has 32 heavy (non-hydrogen) atoms. The summed E-state index contributed by atoms with van der Waals surface area (Å²) in [7, 11) is 2.01. The highest BCUT2D eigenvalue weighted by Crippen LogP contribution is 2.41. The maximum absolute atomic E-state index is 15.1. The van der Waals surface area contributed by atoms with Crippen LogP contribution in [-0.4, -0.2) is 4.98 Å². The lowest BCUT2D eigenvalue weighted by Crippen LogP contribution is -2.30. The highest BCUT2D eigenvalue weighted by Gasteiger charge is 2.23. The van der Waals surface area contributed by atoms with Gasteiger partial charge in [0, 0.05) is 29.1 Å². The van der Waals surface area contributed by atoms with Crippen molar-refractivity contribution in [2.75, 3.05) is 0 Å². The van der Waals surface area contributed by atoms with Crippen molar-refractivity contribution in [1.82, 2.24) is 4.98 Å². The molecule has 0 radical (unpaired) electrons. The molecule has 0 N–H and O–H groups in total. The molecule has 0 amide bonds. The summed E-state index contributed by atoms with van der Waals surface area (Å²) in [6.45, 7) is 2.07. The van der Waals surface area contributed by atoms with Gasteiger partial charge >= 0.3 is 0 Å². The molecule has 6 rings (SSSR count). The average molecular weight is 419 g/mol. The largest absolute Gasteiger partial charge is 0.454 e. The number of hydrogen-bond donors (Lipinski definition) is 0. The summed E-state index contributed by atoms with van der Waals surface area (Å²) < 4.78 is 23.7. The van der Waals surface area contributed by atoms with Crippen molar-refractivity contribution < 1.29 is 13.4 Å². The Hall–Kier alpha value is -4.05. The zero-order chi connectivity index (χ0) is 21.8. The third-order valence-corrected chi connectivity index (χ3v) is 6.19. The number of fused-ring (bicyclic) bond motifs is 4. The highest BCUT2D eigenvalue weighted by atomic mass is 19.1. The van der Waals surface area contributed by atoms with Gasteiger partial charge in [-0.3, -0.25) is 0 Å². The fraction of sp³-hybridized carbons (Fsp3) is 0.0714. The van der Waals surface area contributed by atoms with Gasteiger partial charge < -0.3 is 4.42 Å². The Labute approximate surface area is 184 Å². The van der Waals surface area contributed by atoms with Crippen molar-refractivity contribution >= 4 is 32.7 Å². The van der Waals surface area contributed by atoms with Gasteiger partial charge in [0.25, 0.3) is 0 Å². The van der Waals surface area contributed by atoms with Crippen LogP contribution in [0.4, 0.5) is 4.39 Å². The lowest BCUT2D eigenvalue weighted by molar-refractivity contribution is -0.660. The average Bonchev–Trinajstić information content (AvgIpc) is 3.17. The zero-order valence-corrected chi connectivity index (χ0v) is 17.8. The molecule has 4 heteroatoms. The number of rotatable bonds is 2. The number of nitrogens with zero attached hydrogens (tertiary/aromatic N) is 2. The first-order valence-electron chi connectivity index (χ1n) is 10.6. The molecule has 6 aromatic rings. The molecule has 0 aliphatic carbocycles. The standard InChI is InChI=1S/C28H20FN2O/c1-17-10-13-21-22-16-30-28(29)25(20-12-11-18-7-3-4-8-19(18)15-20)27(22)32-26(21)24(17)23-9-5-6-14-31(23)2/h3-16H,1-2H3/q+1. The van der Waals surface area contributed by atoms with Crippen LogP contribution in [0, 0.1) is 12.9 Å². The molecule has 3 aromatic carbocycles. The lowest BCUT2D eigenvalue weighted by Gasteiger charge is -2.06. The Kier molecular flexibility index (Phi) is 4.08. The van der Waals surface area contributed by atoms with E-state index in [0.29, 0.717) is 11.1 Å². The van der Waals surface area contributed by atoms with Crippen LogP contribution in [0.3, 0.4) is 0 Å². The van der Waals surface area contributed by atoms with E-state index >= 15 is 4.39 Å². The quantitative estimate of drug-likeness (QED) is 0.230. The van der Waals surface area contributed by atoms with E-state index in [0.717, 1.165) is 49.5 Å². The minimum absolute atomic E-state index is 0.394. The molecule has 0 atom stereocenters. The summed E-state index contributed by atoms with van der Waals surface area (Å²) in [4.78, 5) is 4.10. The molecule has 0 unspecified atom stereocenters. The first-order valence-corrected chi connectivity index (χ1v) is 10.6. The highest BCUT2D eigenvalue weighted by molar-refractivity contribution is 6.13. The molecule has 3 nitrogen and oxygen atoms in total. The number of furan rings is 1. The second-order valence-electron chi connectivity index (χ2n) is 8.16. The smallest absolute Gasteiger partial charge is 0.224 e. The molecular weight excluding hydrogens is 399 g/mol. The summed E-state index contributed by atoms with van der Waals surface area (Å²) in [6, 6.07) is 24.2. The van der Waals surface area contributed by atoms with E-state index in [-0.39, 0.29) is 0 Å². The molecule has 0 saturated carbocycles. The molecule has 0 aliphatic rings. The number of benzene rings is 3. The minimum Gasteiger partial charge on any atom is -0.454 e. The van der Waals surface area contributed by atoms with Gasteiger partial charge in [-0.2, -0.15) is 4.39 Å². The number of aryl methyl sites for hydroxylation is 2. The van der Waals surface area contributed by atoms with Gasteiger partial charge in [0.05, 0.1) is 11.1 Å². The molecule has 154 valence electrons. The zero-order valence-electron chi connectivity index (χ0n) is 17.8. The van der Waals surface area contributed by atoms with E-state index in [1.54, 1.807) is 6.20 Å². The monoisotopic (exact) mass is 419 g/mol. The van der Waals surface area contributed by atoms with Gasteiger partial charge in [0.2, 0.25) is 11.6 Å². The third kappa shape index (κ3) is 2.73. The Morgan fingerprint density at radius 3 is 2.44 bits per heavy atom. The number of aromatic nitrogens is 2. The number of pyridine rings is 2. The van der Waals surface area contributed by atoms with Crippen LogP contribution in [0.2, 0.25) is 0 Å². The third-order valence-electron chi connectivity index (χ3n) is 6.19. The Morgan fingerprint density at radius 1 is 0.812 bits per heavy atom. The number of halogens is 1. The Balaban J connectivity index is 1.70. The molecule has 0 bridgehead atoms. The van der Waals surface area contributed by atoms with E-state index in [4.69, 9.17) is 4.42 Å². The predicted molar refractivity (Wildman–Crippen MR) is 126 cm³/mol. The van der Waals surface area contributed by atoms with Gasteiger partial charge in [0.1, 0.15) is 18.2 Å². The SMILES string of the molecule is Cc1ccc2c(oc3c(-c4ccc5ccccc5c4)c(F)ncc32)c1-c1cccc[n+]1C. The van der Waals surface area contributed by atoms with Crippen LogP contribution in [0.5, 0.6) is 0 Å². The van der Waals surface area contributed by atoms with Crippen molar-refractivity contribution in [2.24, 2.45) is 7.05 Å². The molecule has 0 saturated heterocycles. The van der Waals surface area contributed by atoms with E-state index < -0.39 is 5.95 Å². The van der Waals surface area contributed by atoms with Crippen LogP contribution in [0.15, 0.2) is 89.6 Å². The first kappa shape index (κ1) is 18.7. The Morgan fingerprint density at radius 2 is 1.59 bits per heavy atom. The number of hydrogen-bond acceptors (Lipinski definition) is 2. The second kappa shape index (κ2) is 6.99. The first-order chi connectivity index (χ1) is 15.6. The van der Waals surface area contributed by atoms with Gasteiger partial charge in [-0.15, -0.1) is 0 Å². The fourth-order valence-corrected chi connectivity index (χ4v) is 4.57. The fourth-order valence-electron chi connectivity index (χ4n) is 4.57. The van der Waals surface area contributed by atoms with Crippen LogP contribution in [0.1, 0.15) is 5.56 Å². The molecule has 0 aliphatic heterocycles. The van der Waals surface area contributed by atoms with Crippen molar-refractivity contribution in [3.8, 4) is 22.4 Å². The second-order valence-corrected chi connectivity index (χ2v) is 8.16. The Bertz CT molecular complexity index is 1670. The van der Waals surface area contributed by atoms with Gasteiger partial charge in [0.15, 0.2) is 6.20 Å². The topological polar surface area (TPSA) is 29.9 Å². The predicted octanol–water partition coefficient (Wildman–Crippen LogP) is 6.74. The molecule has 0 spiro atoms. The van der Waals surface area contributed by atoms with Gasteiger partial charge in [-0.05, 0) is 41.0 Å². The van der Waals surface area contributed by atoms with Crippen molar-refractivity contribution in [3.63, 3.8) is 0 Å². The van der Waals surface area contributed by atoms with E-state index in [2.05, 4.69) is 28.6 Å². The van der Waals surface area contributed by atoms with Gasteiger partial charge in [-0.25, -0.2) is 9.55 Å². The molecule has 3 heterocycles. The van der Waals surface area contributed by atoms with Gasteiger partial charge in [-0.1, -0.05) is 48.5 Å². The summed E-state index contributed by atoms with van der Waals surface area (Å²) in [5.41, 5.74) is 5.55. The molecule has 3 aromatic heterocycles. The summed E-state index contributed by atoms with van der Waals surface area (Å²) in [6.07, 6.45) is 3.59. The maximum atomic E-state index is 15.1. The van der Waals surface area contributed by atoms with Crippen LogP contribution in [0.25, 0.3) is 55.1 Å². The van der Waals surface area contributed by atoms with Crippen molar-refractivity contribution in [3.05, 3.63) is 96.7 Å². The summed E-state index contributed by atoms with van der Waals surface area (Å²) >= 11 is 0. The normalized spacial score (nSPS) is 11.6. The summed E-state index contributed by atoms with van der Waals surface area (Å²) in [5.74, 6) is -0.532. The van der Waals surface area contributed by atoms with Crippen LogP contribution < -0.4 is 4.57 Å². The molecule has 0 fully saturated rings.